The number of likely N-dealkylation sites (tertiary alicyclic amines) is 1. The van der Waals surface area contributed by atoms with Crippen molar-refractivity contribution in [2.45, 2.75) is 37.8 Å². The molecular weight excluding hydrogens is 304 g/mol. The van der Waals surface area contributed by atoms with Crippen LogP contribution in [0.15, 0.2) is 18.2 Å². The van der Waals surface area contributed by atoms with Crippen LogP contribution in [0.4, 0.5) is 11.4 Å². The maximum Gasteiger partial charge on any atom is 0.253 e. The number of hydrogen-bond donors (Lipinski definition) is 2. The highest BCUT2D eigenvalue weighted by molar-refractivity contribution is 6.01. The molecule has 1 aromatic rings. The van der Waals surface area contributed by atoms with Gasteiger partial charge in [-0.1, -0.05) is 0 Å². The Balaban J connectivity index is 1.57. The molecule has 3 aliphatic heterocycles. The first kappa shape index (κ1) is 15.4. The molecule has 1 aromatic carbocycles. The van der Waals surface area contributed by atoms with Gasteiger partial charge in [0.2, 0.25) is 5.91 Å². The number of nitrogens with one attached hydrogen (secondary N) is 2. The summed E-state index contributed by atoms with van der Waals surface area (Å²) in [6.45, 7) is 2.27. The van der Waals surface area contributed by atoms with Crippen molar-refractivity contribution < 1.29 is 9.59 Å². The molecule has 3 heterocycles. The lowest BCUT2D eigenvalue weighted by atomic mass is 10.1. The molecule has 6 nitrogen and oxygen atoms in total. The molecular formula is C18H24N4O2. The topological polar surface area (TPSA) is 64.7 Å². The number of fused-ring (bicyclic) bond motifs is 3. The summed E-state index contributed by atoms with van der Waals surface area (Å²) in [7, 11) is 1.97. The molecule has 6 heteroatoms. The van der Waals surface area contributed by atoms with Gasteiger partial charge in [-0.3, -0.25) is 9.59 Å². The predicted molar refractivity (Wildman–Crippen MR) is 93.4 cm³/mol. The molecule has 2 unspecified atom stereocenters. The number of amides is 2. The molecule has 0 saturated carbocycles. The standard InChI is InChI=1S/C18H24N4O2/c1-21-8-7-17(23)20-15-10-12(2-5-16(15)21)18(24)22-9-6-13-3-4-14(11-22)19-13/h2,5,10,13-14,19H,3-4,6-9,11H2,1H3,(H,20,23). The SMILES string of the molecule is CN1CCC(=O)Nc2cc(C(=O)N3CCC4CCC(C3)N4)ccc21. The van der Waals surface area contributed by atoms with E-state index in [1.165, 1.54) is 6.42 Å². The highest BCUT2D eigenvalue weighted by Gasteiger charge is 2.31. The first-order valence-electron chi connectivity index (χ1n) is 8.80. The Morgan fingerprint density at radius 1 is 1.17 bits per heavy atom. The summed E-state index contributed by atoms with van der Waals surface area (Å²) < 4.78 is 0. The van der Waals surface area contributed by atoms with Crippen molar-refractivity contribution in [2.24, 2.45) is 0 Å². The predicted octanol–water partition coefficient (Wildman–Crippen LogP) is 1.43. The van der Waals surface area contributed by atoms with Crippen molar-refractivity contribution in [3.8, 4) is 0 Å². The van der Waals surface area contributed by atoms with Gasteiger partial charge >= 0.3 is 0 Å². The largest absolute Gasteiger partial charge is 0.372 e. The Kier molecular flexibility index (Phi) is 3.92. The first-order chi connectivity index (χ1) is 11.6. The molecule has 24 heavy (non-hydrogen) atoms. The fourth-order valence-corrected chi connectivity index (χ4v) is 4.01. The number of rotatable bonds is 1. The van der Waals surface area contributed by atoms with Crippen molar-refractivity contribution in [3.05, 3.63) is 23.8 Å². The molecule has 4 rings (SSSR count). The molecule has 2 bridgehead atoms. The Morgan fingerprint density at radius 3 is 2.88 bits per heavy atom. The second kappa shape index (κ2) is 6.09. The molecule has 2 N–H and O–H groups in total. The minimum absolute atomic E-state index is 0.00137. The number of nitrogens with zero attached hydrogens (tertiary/aromatic N) is 2. The normalized spacial score (nSPS) is 26.5. The van der Waals surface area contributed by atoms with Gasteiger partial charge in [-0.05, 0) is 37.5 Å². The number of carbonyl (C=O) groups excluding carboxylic acids is 2. The highest BCUT2D eigenvalue weighted by atomic mass is 16.2. The average Bonchev–Trinajstić information content (AvgIpc) is 2.83. The monoisotopic (exact) mass is 328 g/mol. The fraction of sp³-hybridized carbons (Fsp3) is 0.556. The van der Waals surface area contributed by atoms with Crippen LogP contribution in [0, 0.1) is 0 Å². The van der Waals surface area contributed by atoms with Crippen molar-refractivity contribution in [1.29, 1.82) is 0 Å². The minimum Gasteiger partial charge on any atom is -0.372 e. The lowest BCUT2D eigenvalue weighted by molar-refractivity contribution is -0.115. The van der Waals surface area contributed by atoms with Gasteiger partial charge in [-0.25, -0.2) is 0 Å². The Bertz CT molecular complexity index is 675. The van der Waals surface area contributed by atoms with Crippen molar-refractivity contribution in [2.75, 3.05) is 36.9 Å². The lowest BCUT2D eigenvalue weighted by Crippen LogP contribution is -2.39. The average molecular weight is 328 g/mol. The van der Waals surface area contributed by atoms with Gasteiger partial charge in [-0.2, -0.15) is 0 Å². The van der Waals surface area contributed by atoms with Crippen LogP contribution in [0.5, 0.6) is 0 Å². The van der Waals surface area contributed by atoms with E-state index in [1.54, 1.807) is 0 Å². The van der Waals surface area contributed by atoms with Crippen LogP contribution in [0.1, 0.15) is 36.0 Å². The van der Waals surface area contributed by atoms with E-state index in [-0.39, 0.29) is 11.8 Å². The Morgan fingerprint density at radius 2 is 2.00 bits per heavy atom. The molecule has 0 aromatic heterocycles. The number of hydrogen-bond acceptors (Lipinski definition) is 4. The van der Waals surface area contributed by atoms with Crippen LogP contribution in [-0.2, 0) is 4.79 Å². The summed E-state index contributed by atoms with van der Waals surface area (Å²) in [5.41, 5.74) is 2.36. The Hall–Kier alpha value is -2.08. The van der Waals surface area contributed by atoms with Crippen molar-refractivity contribution >= 4 is 23.2 Å². The molecule has 2 atom stereocenters. The van der Waals surface area contributed by atoms with Crippen LogP contribution in [0.3, 0.4) is 0 Å². The van der Waals surface area contributed by atoms with Crippen molar-refractivity contribution in [3.63, 3.8) is 0 Å². The van der Waals surface area contributed by atoms with E-state index in [9.17, 15) is 9.59 Å². The summed E-state index contributed by atoms with van der Waals surface area (Å²) in [4.78, 5) is 28.8. The van der Waals surface area contributed by atoms with Crippen LogP contribution in [-0.4, -0.2) is 55.5 Å². The van der Waals surface area contributed by atoms with Gasteiger partial charge in [0.25, 0.3) is 5.91 Å². The molecule has 3 aliphatic rings. The molecule has 2 saturated heterocycles. The van der Waals surface area contributed by atoms with Gasteiger partial charge in [0.1, 0.15) is 0 Å². The smallest absolute Gasteiger partial charge is 0.253 e. The molecule has 0 radical (unpaired) electrons. The van der Waals surface area contributed by atoms with E-state index in [0.717, 1.165) is 37.3 Å². The number of anilines is 2. The summed E-state index contributed by atoms with van der Waals surface area (Å²) in [6.07, 6.45) is 3.87. The molecule has 128 valence electrons. The first-order valence-corrected chi connectivity index (χ1v) is 8.80. The van der Waals surface area contributed by atoms with Gasteiger partial charge < -0.3 is 20.4 Å². The third kappa shape index (κ3) is 2.86. The highest BCUT2D eigenvalue weighted by Crippen LogP contribution is 2.30. The van der Waals surface area contributed by atoms with Gasteiger partial charge in [0, 0.05) is 50.7 Å². The quantitative estimate of drug-likeness (QED) is 0.819. The van der Waals surface area contributed by atoms with Gasteiger partial charge in [0.15, 0.2) is 0 Å². The number of benzene rings is 1. The van der Waals surface area contributed by atoms with E-state index in [4.69, 9.17) is 0 Å². The second-order valence-electron chi connectivity index (χ2n) is 7.13. The van der Waals surface area contributed by atoms with E-state index in [1.807, 2.05) is 30.1 Å². The second-order valence-corrected chi connectivity index (χ2v) is 7.13. The van der Waals surface area contributed by atoms with Crippen LogP contribution >= 0.6 is 0 Å². The fourth-order valence-electron chi connectivity index (χ4n) is 4.01. The summed E-state index contributed by atoms with van der Waals surface area (Å²) in [6, 6.07) is 6.64. The zero-order valence-corrected chi connectivity index (χ0v) is 14.0. The van der Waals surface area contributed by atoms with Crippen LogP contribution in [0.2, 0.25) is 0 Å². The summed E-state index contributed by atoms with van der Waals surface area (Å²) in [5.74, 6) is 0.0646. The number of carbonyl (C=O) groups is 2. The van der Waals surface area contributed by atoms with E-state index >= 15 is 0 Å². The minimum atomic E-state index is 0.00137. The molecule has 2 fully saturated rings. The maximum atomic E-state index is 12.9. The van der Waals surface area contributed by atoms with Crippen molar-refractivity contribution in [1.82, 2.24) is 10.2 Å². The van der Waals surface area contributed by atoms with E-state index < -0.39 is 0 Å². The maximum absolute atomic E-state index is 12.9. The van der Waals surface area contributed by atoms with E-state index in [2.05, 4.69) is 15.5 Å². The van der Waals surface area contributed by atoms with E-state index in [0.29, 0.717) is 30.6 Å². The summed E-state index contributed by atoms with van der Waals surface area (Å²) >= 11 is 0. The van der Waals surface area contributed by atoms with Crippen LogP contribution in [0.25, 0.3) is 0 Å². The van der Waals surface area contributed by atoms with Gasteiger partial charge in [-0.15, -0.1) is 0 Å². The lowest BCUT2D eigenvalue weighted by Gasteiger charge is -2.25. The Labute approximate surface area is 142 Å². The zero-order chi connectivity index (χ0) is 16.7. The molecule has 0 aliphatic carbocycles. The van der Waals surface area contributed by atoms with Gasteiger partial charge in [0.05, 0.1) is 11.4 Å². The third-order valence-corrected chi connectivity index (χ3v) is 5.41. The zero-order valence-electron chi connectivity index (χ0n) is 14.0. The molecule has 0 spiro atoms. The molecule has 2 amide bonds. The van der Waals surface area contributed by atoms with Crippen LogP contribution < -0.4 is 15.5 Å². The summed E-state index contributed by atoms with van der Waals surface area (Å²) in [5, 5.41) is 6.53. The third-order valence-electron chi connectivity index (χ3n) is 5.41.